The van der Waals surface area contributed by atoms with Gasteiger partial charge in [0.25, 0.3) is 0 Å². The summed E-state index contributed by atoms with van der Waals surface area (Å²) in [5, 5.41) is 8.28. The Hall–Kier alpha value is -1.46. The summed E-state index contributed by atoms with van der Waals surface area (Å²) in [6.07, 6.45) is 0. The van der Waals surface area contributed by atoms with Crippen LogP contribution in [-0.4, -0.2) is 30.5 Å². The molecule has 0 aliphatic rings. The number of ether oxygens (including phenoxy) is 1. The summed E-state index contributed by atoms with van der Waals surface area (Å²) in [5.74, 6) is 0.525. The second-order valence-electron chi connectivity index (χ2n) is 5.31. The molecule has 7 nitrogen and oxygen atoms in total. The molecule has 0 saturated heterocycles. The highest BCUT2D eigenvalue weighted by molar-refractivity contribution is 7.95. The molecule has 1 aromatic carbocycles. The first-order valence-electron chi connectivity index (χ1n) is 7.40. The monoisotopic (exact) mass is 404 g/mol. The number of nitrogens with two attached hydrogens (primary N) is 1. The van der Waals surface area contributed by atoms with Crippen molar-refractivity contribution < 1.29 is 21.6 Å². The van der Waals surface area contributed by atoms with Crippen molar-refractivity contribution in [2.75, 3.05) is 13.7 Å². The zero-order valence-corrected chi connectivity index (χ0v) is 16.5. The van der Waals surface area contributed by atoms with Gasteiger partial charge in [0.1, 0.15) is 14.2 Å². The van der Waals surface area contributed by atoms with Crippen LogP contribution in [0.15, 0.2) is 43.6 Å². The van der Waals surface area contributed by atoms with Gasteiger partial charge in [-0.2, -0.15) is 0 Å². The van der Waals surface area contributed by atoms with Crippen molar-refractivity contribution in [2.45, 2.75) is 33.2 Å². The number of methoxy groups -OCH3 is 1. The molecule has 0 amide bonds. The number of thiophene rings is 1. The van der Waals surface area contributed by atoms with Crippen LogP contribution in [0, 0.1) is 0 Å². The molecule has 0 aliphatic carbocycles. The Labute approximate surface area is 151 Å². The van der Waals surface area contributed by atoms with E-state index in [2.05, 4.69) is 5.32 Å². The molecule has 1 aromatic heterocycles. The number of nitrogens with one attached hydrogen (secondary N) is 1. The molecule has 25 heavy (non-hydrogen) atoms. The average molecular weight is 405 g/mol. The maximum Gasteiger partial charge on any atom is 0.247 e. The Morgan fingerprint density at radius 3 is 2.28 bits per heavy atom. The first kappa shape index (κ1) is 19.9. The minimum Gasteiger partial charge on any atom is -0.497 e. The maximum atomic E-state index is 13.0. The van der Waals surface area contributed by atoms with E-state index in [1.807, 2.05) is 6.92 Å². The standard InChI is InChI=1S/C15H20N2O5S3/c1-4-17-10(2)13-9-14(25(16,20)21)23-15(13)24(18,19)12-7-5-11(22-3)6-8-12/h5-10,17H,4H2,1-3H3,(H2,16,20,21). The Kier molecular flexibility index (Phi) is 5.89. The van der Waals surface area contributed by atoms with Gasteiger partial charge in [0.15, 0.2) is 0 Å². The molecular weight excluding hydrogens is 384 g/mol. The van der Waals surface area contributed by atoms with Crippen molar-refractivity contribution in [3.05, 3.63) is 35.9 Å². The van der Waals surface area contributed by atoms with Crippen molar-refractivity contribution >= 4 is 31.2 Å². The van der Waals surface area contributed by atoms with Crippen LogP contribution in [-0.2, 0) is 19.9 Å². The smallest absolute Gasteiger partial charge is 0.247 e. The van der Waals surface area contributed by atoms with Gasteiger partial charge in [-0.3, -0.25) is 0 Å². The molecule has 2 aromatic rings. The van der Waals surface area contributed by atoms with Gasteiger partial charge in [-0.15, -0.1) is 11.3 Å². The summed E-state index contributed by atoms with van der Waals surface area (Å²) in [4.78, 5) is 0.0565. The average Bonchev–Trinajstić information content (AvgIpc) is 3.01. The van der Waals surface area contributed by atoms with Crippen LogP contribution >= 0.6 is 11.3 Å². The molecule has 2 rings (SSSR count). The fourth-order valence-electron chi connectivity index (χ4n) is 2.30. The molecular formula is C15H20N2O5S3. The third-order valence-corrected chi connectivity index (χ3v) is 8.46. The SMILES string of the molecule is CCNC(C)c1cc(S(N)(=O)=O)sc1S(=O)(=O)c1ccc(OC)cc1. The number of hydrogen-bond acceptors (Lipinski definition) is 7. The molecule has 1 atom stereocenters. The van der Waals surface area contributed by atoms with Gasteiger partial charge in [-0.25, -0.2) is 22.0 Å². The van der Waals surface area contributed by atoms with Gasteiger partial charge in [-0.1, -0.05) is 6.92 Å². The van der Waals surface area contributed by atoms with Crippen LogP contribution in [0.1, 0.15) is 25.5 Å². The first-order chi connectivity index (χ1) is 11.6. The summed E-state index contributed by atoms with van der Waals surface area (Å²) in [6.45, 7) is 4.25. The van der Waals surface area contributed by atoms with Gasteiger partial charge >= 0.3 is 0 Å². The van der Waals surface area contributed by atoms with E-state index in [1.165, 1.54) is 37.4 Å². The van der Waals surface area contributed by atoms with Gasteiger partial charge in [0, 0.05) is 11.6 Å². The van der Waals surface area contributed by atoms with Crippen molar-refractivity contribution in [1.82, 2.24) is 5.32 Å². The molecule has 0 spiro atoms. The van der Waals surface area contributed by atoms with Crippen LogP contribution in [0.5, 0.6) is 5.75 Å². The summed E-state index contributed by atoms with van der Waals surface area (Å²) in [5.41, 5.74) is 0.381. The van der Waals surface area contributed by atoms with E-state index in [1.54, 1.807) is 6.92 Å². The first-order valence-corrected chi connectivity index (χ1v) is 11.2. The third kappa shape index (κ3) is 4.21. The van der Waals surface area contributed by atoms with E-state index in [4.69, 9.17) is 9.88 Å². The topological polar surface area (TPSA) is 116 Å². The van der Waals surface area contributed by atoms with E-state index in [0.717, 1.165) is 0 Å². The highest BCUT2D eigenvalue weighted by atomic mass is 32.3. The summed E-state index contributed by atoms with van der Waals surface area (Å²) in [7, 11) is -6.41. The molecule has 0 radical (unpaired) electrons. The quantitative estimate of drug-likeness (QED) is 0.728. The van der Waals surface area contributed by atoms with E-state index >= 15 is 0 Å². The number of primary sulfonamides is 1. The van der Waals surface area contributed by atoms with E-state index < -0.39 is 19.9 Å². The lowest BCUT2D eigenvalue weighted by atomic mass is 10.2. The van der Waals surface area contributed by atoms with E-state index in [-0.39, 0.29) is 19.4 Å². The van der Waals surface area contributed by atoms with Crippen molar-refractivity contribution in [3.63, 3.8) is 0 Å². The highest BCUT2D eigenvalue weighted by Gasteiger charge is 2.29. The lowest BCUT2D eigenvalue weighted by Crippen LogP contribution is -2.19. The fraction of sp³-hybridized carbons (Fsp3) is 0.333. The van der Waals surface area contributed by atoms with Crippen LogP contribution in [0.3, 0.4) is 0 Å². The maximum absolute atomic E-state index is 13.0. The molecule has 1 heterocycles. The van der Waals surface area contributed by atoms with Crippen LogP contribution in [0.4, 0.5) is 0 Å². The molecule has 138 valence electrons. The third-order valence-electron chi connectivity index (χ3n) is 3.57. The summed E-state index contributed by atoms with van der Waals surface area (Å²) in [6, 6.07) is 6.89. The molecule has 10 heteroatoms. The fourth-order valence-corrected chi connectivity index (χ4v) is 6.43. The molecule has 0 fully saturated rings. The predicted molar refractivity (Wildman–Crippen MR) is 96.2 cm³/mol. The molecule has 3 N–H and O–H groups in total. The van der Waals surface area contributed by atoms with Gasteiger partial charge < -0.3 is 10.1 Å². The molecule has 1 unspecified atom stereocenters. The molecule has 0 bridgehead atoms. The lowest BCUT2D eigenvalue weighted by molar-refractivity contribution is 0.414. The lowest BCUT2D eigenvalue weighted by Gasteiger charge is -2.13. The zero-order valence-electron chi connectivity index (χ0n) is 14.0. The minimum atomic E-state index is -4.00. The van der Waals surface area contributed by atoms with Crippen molar-refractivity contribution in [3.8, 4) is 5.75 Å². The Morgan fingerprint density at radius 1 is 1.20 bits per heavy atom. The Bertz CT molecular complexity index is 948. The Morgan fingerprint density at radius 2 is 1.80 bits per heavy atom. The number of benzene rings is 1. The second kappa shape index (κ2) is 7.42. The number of sulfonamides is 1. The summed E-state index contributed by atoms with van der Waals surface area (Å²) < 4.78 is 54.2. The molecule has 0 aliphatic heterocycles. The largest absolute Gasteiger partial charge is 0.497 e. The van der Waals surface area contributed by atoms with Crippen molar-refractivity contribution in [1.29, 1.82) is 0 Å². The van der Waals surface area contributed by atoms with E-state index in [9.17, 15) is 16.8 Å². The van der Waals surface area contributed by atoms with Gasteiger partial charge in [0.2, 0.25) is 19.9 Å². The highest BCUT2D eigenvalue weighted by Crippen LogP contribution is 2.37. The number of sulfone groups is 1. The zero-order chi connectivity index (χ0) is 18.8. The minimum absolute atomic E-state index is 0.0323. The van der Waals surface area contributed by atoms with Gasteiger partial charge in [0.05, 0.1) is 12.0 Å². The number of rotatable bonds is 7. The summed E-state index contributed by atoms with van der Waals surface area (Å²) >= 11 is 0.660. The van der Waals surface area contributed by atoms with Crippen LogP contribution < -0.4 is 15.2 Å². The van der Waals surface area contributed by atoms with Gasteiger partial charge in [-0.05, 0) is 43.8 Å². The number of hydrogen-bond donors (Lipinski definition) is 2. The Balaban J connectivity index is 2.63. The van der Waals surface area contributed by atoms with E-state index in [0.29, 0.717) is 29.2 Å². The van der Waals surface area contributed by atoms with Crippen LogP contribution in [0.25, 0.3) is 0 Å². The normalized spacial score (nSPS) is 13.6. The molecule has 0 saturated carbocycles. The van der Waals surface area contributed by atoms with Crippen LogP contribution in [0.2, 0.25) is 0 Å². The van der Waals surface area contributed by atoms with Crippen molar-refractivity contribution in [2.24, 2.45) is 5.14 Å². The second-order valence-corrected chi connectivity index (χ2v) is 10.3. The predicted octanol–water partition coefficient (Wildman–Crippen LogP) is 1.91.